The van der Waals surface area contributed by atoms with Crippen molar-refractivity contribution in [2.75, 3.05) is 20.3 Å². The molecule has 0 radical (unpaired) electrons. The summed E-state index contributed by atoms with van der Waals surface area (Å²) in [5, 5.41) is 0. The Morgan fingerprint density at radius 3 is 2.22 bits per heavy atom. The van der Waals surface area contributed by atoms with Gasteiger partial charge in [-0.05, 0) is 18.2 Å². The highest BCUT2D eigenvalue weighted by atomic mass is 16.6. The number of esters is 2. The Bertz CT molecular complexity index is 471. The lowest BCUT2D eigenvalue weighted by Gasteiger charge is -1.98. The van der Waals surface area contributed by atoms with E-state index in [4.69, 9.17) is 0 Å². The van der Waals surface area contributed by atoms with Gasteiger partial charge in [-0.15, -0.1) is 0 Å². The van der Waals surface area contributed by atoms with Crippen molar-refractivity contribution in [3.63, 3.8) is 0 Å². The zero-order chi connectivity index (χ0) is 17.9. The molecule has 0 aliphatic carbocycles. The van der Waals surface area contributed by atoms with Gasteiger partial charge in [0.2, 0.25) is 0 Å². The summed E-state index contributed by atoms with van der Waals surface area (Å²) < 4.78 is 13.3. The minimum Gasteiger partial charge on any atom is -0.460 e. The van der Waals surface area contributed by atoms with Crippen LogP contribution in [0.1, 0.15) is 12.6 Å². The van der Waals surface area contributed by atoms with Gasteiger partial charge in [0.1, 0.15) is 6.61 Å². The van der Waals surface area contributed by atoms with E-state index >= 15 is 0 Å². The van der Waals surface area contributed by atoms with E-state index in [9.17, 15) is 9.59 Å². The smallest absolute Gasteiger partial charge is 0.330 e. The van der Waals surface area contributed by atoms with Crippen LogP contribution in [-0.2, 0) is 23.8 Å². The zero-order valence-electron chi connectivity index (χ0n) is 13.6. The molecular weight excluding hydrogens is 298 g/mol. The Labute approximate surface area is 137 Å². The molecule has 126 valence electrons. The van der Waals surface area contributed by atoms with Gasteiger partial charge in [-0.25, -0.2) is 4.79 Å². The maximum Gasteiger partial charge on any atom is 0.330 e. The molecular formula is C17H23NO5. The first-order valence-electron chi connectivity index (χ1n) is 6.61. The molecule has 0 fully saturated rings. The number of pyridine rings is 1. The molecule has 1 rings (SSSR count). The molecule has 0 N–H and O–H groups in total. The third-order valence-corrected chi connectivity index (χ3v) is 1.84. The summed E-state index contributed by atoms with van der Waals surface area (Å²) in [7, 11) is 1.54. The number of carbonyl (C=O) groups excluding carboxylic acids is 2. The summed E-state index contributed by atoms with van der Waals surface area (Å²) in [5.41, 5.74) is 0.924. The third-order valence-electron chi connectivity index (χ3n) is 1.84. The van der Waals surface area contributed by atoms with Crippen LogP contribution in [0.5, 0.6) is 0 Å². The molecule has 1 aromatic heterocycles. The lowest BCUT2D eigenvalue weighted by atomic mass is 10.4. The Balaban J connectivity index is 0. The molecule has 1 heterocycles. The topological polar surface area (TPSA) is 74.7 Å². The van der Waals surface area contributed by atoms with Crippen LogP contribution in [0, 0.1) is 0 Å². The van der Waals surface area contributed by atoms with Gasteiger partial charge >= 0.3 is 11.9 Å². The monoisotopic (exact) mass is 321 g/mol. The molecule has 0 amide bonds. The van der Waals surface area contributed by atoms with Gasteiger partial charge < -0.3 is 14.2 Å². The van der Waals surface area contributed by atoms with Gasteiger partial charge in [0, 0.05) is 26.3 Å². The van der Waals surface area contributed by atoms with E-state index in [0.29, 0.717) is 13.2 Å². The van der Waals surface area contributed by atoms with Crippen LogP contribution in [0.4, 0.5) is 0 Å². The van der Waals surface area contributed by atoms with Crippen molar-refractivity contribution >= 4 is 18.0 Å². The summed E-state index contributed by atoms with van der Waals surface area (Å²) in [6, 6.07) is 5.73. The van der Waals surface area contributed by atoms with Gasteiger partial charge in [-0.1, -0.05) is 25.8 Å². The second-order valence-electron chi connectivity index (χ2n) is 3.60. The first-order chi connectivity index (χ1) is 11.0. The highest BCUT2D eigenvalue weighted by molar-refractivity contribution is 5.81. The fourth-order valence-corrected chi connectivity index (χ4v) is 0.899. The molecule has 6 nitrogen and oxygen atoms in total. The van der Waals surface area contributed by atoms with Crippen LogP contribution < -0.4 is 0 Å². The fourth-order valence-electron chi connectivity index (χ4n) is 0.899. The summed E-state index contributed by atoms with van der Waals surface area (Å²) in [5.74, 6) is -0.739. The van der Waals surface area contributed by atoms with E-state index in [0.717, 1.165) is 18.0 Å². The predicted octanol–water partition coefficient (Wildman–Crippen LogP) is 2.78. The van der Waals surface area contributed by atoms with Crippen LogP contribution in [-0.4, -0.2) is 37.2 Å². The maximum absolute atomic E-state index is 10.3. The standard InChI is InChI=1S/C7H7N.C6H10O3.C4H6O2/c1-2-7-5-3-4-6-8-7;1-3-6(7)9-5-4-8-2;1-3-6-4(2)5/h2-6H,1H2;3H,1,4-5H2,2H3;3H,1H2,2H3. The molecule has 0 aliphatic rings. The molecule has 0 aromatic carbocycles. The first kappa shape index (κ1) is 22.5. The molecule has 0 spiro atoms. The van der Waals surface area contributed by atoms with Crippen LogP contribution in [0.15, 0.2) is 56.5 Å². The van der Waals surface area contributed by atoms with E-state index in [1.54, 1.807) is 19.4 Å². The van der Waals surface area contributed by atoms with E-state index in [-0.39, 0.29) is 5.97 Å². The van der Waals surface area contributed by atoms with E-state index in [2.05, 4.69) is 38.9 Å². The molecule has 0 aliphatic heterocycles. The first-order valence-corrected chi connectivity index (χ1v) is 6.61. The number of hydrogen-bond acceptors (Lipinski definition) is 6. The largest absolute Gasteiger partial charge is 0.460 e. The van der Waals surface area contributed by atoms with Crippen LogP contribution in [0.25, 0.3) is 6.08 Å². The molecule has 0 saturated heterocycles. The SMILES string of the molecule is C=CC(=O)OCCOC.C=COC(C)=O.C=Cc1ccccn1. The van der Waals surface area contributed by atoms with Crippen LogP contribution in [0.2, 0.25) is 0 Å². The lowest BCUT2D eigenvalue weighted by molar-refractivity contribution is -0.139. The molecule has 0 bridgehead atoms. The van der Waals surface area contributed by atoms with E-state index < -0.39 is 5.97 Å². The van der Waals surface area contributed by atoms with Crippen molar-refractivity contribution in [2.24, 2.45) is 0 Å². The minimum absolute atomic E-state index is 0.293. The maximum atomic E-state index is 10.3. The normalized spacial score (nSPS) is 8.09. The Kier molecular flexibility index (Phi) is 17.0. The number of methoxy groups -OCH3 is 1. The predicted molar refractivity (Wildman–Crippen MR) is 89.3 cm³/mol. The summed E-state index contributed by atoms with van der Waals surface area (Å²) >= 11 is 0. The second kappa shape index (κ2) is 17.3. The summed E-state index contributed by atoms with van der Waals surface area (Å²) in [6.45, 7) is 12.0. The molecule has 0 unspecified atom stereocenters. The van der Waals surface area contributed by atoms with Crippen molar-refractivity contribution < 1.29 is 23.8 Å². The second-order valence-corrected chi connectivity index (χ2v) is 3.60. The quantitative estimate of drug-likeness (QED) is 0.347. The average molecular weight is 321 g/mol. The Morgan fingerprint density at radius 2 is 1.91 bits per heavy atom. The highest BCUT2D eigenvalue weighted by Crippen LogP contribution is 1.91. The summed E-state index contributed by atoms with van der Waals surface area (Å²) in [4.78, 5) is 24.0. The van der Waals surface area contributed by atoms with Gasteiger partial charge in [0.25, 0.3) is 0 Å². The van der Waals surface area contributed by atoms with Crippen molar-refractivity contribution in [3.05, 3.63) is 62.2 Å². The van der Waals surface area contributed by atoms with Gasteiger partial charge in [0.15, 0.2) is 0 Å². The Hall–Kier alpha value is -2.73. The molecule has 1 aromatic rings. The van der Waals surface area contributed by atoms with Crippen molar-refractivity contribution in [3.8, 4) is 0 Å². The van der Waals surface area contributed by atoms with Gasteiger partial charge in [-0.3, -0.25) is 9.78 Å². The number of nitrogens with zero attached hydrogens (tertiary/aromatic N) is 1. The lowest BCUT2D eigenvalue weighted by Crippen LogP contribution is -2.06. The van der Waals surface area contributed by atoms with Gasteiger partial charge in [0.05, 0.1) is 18.6 Å². The molecule has 6 heteroatoms. The highest BCUT2D eigenvalue weighted by Gasteiger charge is 1.91. The van der Waals surface area contributed by atoms with E-state index in [1.807, 2.05) is 18.2 Å². The number of hydrogen-bond donors (Lipinski definition) is 0. The fraction of sp³-hybridized carbons (Fsp3) is 0.235. The van der Waals surface area contributed by atoms with Crippen LogP contribution in [0.3, 0.4) is 0 Å². The number of rotatable bonds is 6. The minimum atomic E-state index is -0.410. The summed E-state index contributed by atoms with van der Waals surface area (Å²) in [6.07, 6.45) is 5.69. The average Bonchev–Trinajstić information content (AvgIpc) is 2.56. The van der Waals surface area contributed by atoms with E-state index in [1.165, 1.54) is 6.92 Å². The Morgan fingerprint density at radius 1 is 1.22 bits per heavy atom. The molecule has 0 atom stereocenters. The van der Waals surface area contributed by atoms with Gasteiger partial charge in [-0.2, -0.15) is 0 Å². The molecule has 0 saturated carbocycles. The zero-order valence-corrected chi connectivity index (χ0v) is 13.6. The van der Waals surface area contributed by atoms with Crippen molar-refractivity contribution in [2.45, 2.75) is 6.92 Å². The number of ether oxygens (including phenoxy) is 3. The van der Waals surface area contributed by atoms with Crippen LogP contribution >= 0.6 is 0 Å². The van der Waals surface area contributed by atoms with Crippen molar-refractivity contribution in [1.29, 1.82) is 0 Å². The number of aromatic nitrogens is 1. The van der Waals surface area contributed by atoms with Crippen molar-refractivity contribution in [1.82, 2.24) is 4.98 Å². The third kappa shape index (κ3) is 19.3. The number of carbonyl (C=O) groups is 2. The molecule has 23 heavy (non-hydrogen) atoms.